The van der Waals surface area contributed by atoms with E-state index in [0.717, 1.165) is 0 Å². The highest BCUT2D eigenvalue weighted by molar-refractivity contribution is 6.03. The average Bonchev–Trinajstić information content (AvgIpc) is 3.14. The monoisotopic (exact) mass is 404 g/mol. The lowest BCUT2D eigenvalue weighted by Crippen LogP contribution is -2.16. The number of carbonyl (C=O) groups excluding carboxylic acids is 4. The standard InChI is InChI=1S/C20H24N2O7/c1-7-28-19(25)15-10(3)17(22-12(15)5)20(26)29-8-13(23)16-9(2)14(11(4)21-16)18(24)27-6/h21-22H,7-8H2,1-6H3. The van der Waals surface area contributed by atoms with Crippen molar-refractivity contribution in [1.82, 2.24) is 9.97 Å². The molecule has 0 radical (unpaired) electrons. The molecule has 156 valence electrons. The summed E-state index contributed by atoms with van der Waals surface area (Å²) >= 11 is 0. The fourth-order valence-corrected chi connectivity index (χ4v) is 3.18. The van der Waals surface area contributed by atoms with E-state index in [1.54, 1.807) is 34.6 Å². The number of H-pyrrole nitrogens is 2. The molecule has 0 aliphatic rings. The van der Waals surface area contributed by atoms with Crippen LogP contribution in [-0.4, -0.2) is 54.0 Å². The highest BCUT2D eigenvalue weighted by Crippen LogP contribution is 2.21. The Morgan fingerprint density at radius 2 is 1.28 bits per heavy atom. The predicted octanol–water partition coefficient (Wildman–Crippen LogP) is 2.58. The van der Waals surface area contributed by atoms with Crippen LogP contribution >= 0.6 is 0 Å². The minimum atomic E-state index is -0.774. The van der Waals surface area contributed by atoms with Gasteiger partial charge in [-0.15, -0.1) is 0 Å². The smallest absolute Gasteiger partial charge is 0.355 e. The summed E-state index contributed by atoms with van der Waals surface area (Å²) in [5, 5.41) is 0. The van der Waals surface area contributed by atoms with Gasteiger partial charge in [-0.1, -0.05) is 0 Å². The molecule has 2 rings (SSSR count). The molecule has 0 bridgehead atoms. The van der Waals surface area contributed by atoms with Crippen molar-refractivity contribution in [2.75, 3.05) is 20.3 Å². The average molecular weight is 404 g/mol. The Morgan fingerprint density at radius 1 is 0.759 bits per heavy atom. The van der Waals surface area contributed by atoms with Crippen LogP contribution in [0.15, 0.2) is 0 Å². The van der Waals surface area contributed by atoms with Crippen molar-refractivity contribution in [1.29, 1.82) is 0 Å². The third-order valence-corrected chi connectivity index (χ3v) is 4.56. The van der Waals surface area contributed by atoms with Gasteiger partial charge in [0.05, 0.1) is 30.5 Å². The number of ketones is 1. The Kier molecular flexibility index (Phi) is 6.63. The third-order valence-electron chi connectivity index (χ3n) is 4.56. The zero-order valence-corrected chi connectivity index (χ0v) is 17.3. The molecule has 0 fully saturated rings. The Hall–Kier alpha value is -3.36. The van der Waals surface area contributed by atoms with Crippen molar-refractivity contribution in [3.05, 3.63) is 45.0 Å². The van der Waals surface area contributed by atoms with Crippen LogP contribution in [0, 0.1) is 27.7 Å². The molecule has 0 aliphatic carbocycles. The Balaban J connectivity index is 2.16. The first-order valence-electron chi connectivity index (χ1n) is 8.98. The van der Waals surface area contributed by atoms with Crippen LogP contribution in [0.1, 0.15) is 71.1 Å². The molecule has 2 aromatic rings. The number of ether oxygens (including phenoxy) is 3. The van der Waals surface area contributed by atoms with Crippen LogP contribution in [-0.2, 0) is 14.2 Å². The summed E-state index contributed by atoms with van der Waals surface area (Å²) < 4.78 is 14.8. The van der Waals surface area contributed by atoms with E-state index in [2.05, 4.69) is 9.97 Å². The van der Waals surface area contributed by atoms with Gasteiger partial charge in [-0.2, -0.15) is 0 Å². The summed E-state index contributed by atoms with van der Waals surface area (Å²) in [5.74, 6) is -2.37. The fraction of sp³-hybridized carbons (Fsp3) is 0.400. The number of hydrogen-bond acceptors (Lipinski definition) is 7. The normalized spacial score (nSPS) is 10.6. The summed E-state index contributed by atoms with van der Waals surface area (Å²) in [6, 6.07) is 0. The van der Waals surface area contributed by atoms with Crippen molar-refractivity contribution < 1.29 is 33.4 Å². The molecule has 29 heavy (non-hydrogen) atoms. The second-order valence-electron chi connectivity index (χ2n) is 6.46. The third kappa shape index (κ3) is 4.23. The van der Waals surface area contributed by atoms with E-state index in [9.17, 15) is 19.2 Å². The molecule has 9 heteroatoms. The summed E-state index contributed by atoms with van der Waals surface area (Å²) in [5.41, 5.74) is 2.55. The summed E-state index contributed by atoms with van der Waals surface area (Å²) in [7, 11) is 1.25. The number of carbonyl (C=O) groups is 4. The Labute approximate surface area is 167 Å². The molecule has 0 spiro atoms. The second-order valence-corrected chi connectivity index (χ2v) is 6.46. The van der Waals surface area contributed by atoms with E-state index >= 15 is 0 Å². The lowest BCUT2D eigenvalue weighted by Gasteiger charge is -2.05. The van der Waals surface area contributed by atoms with E-state index in [-0.39, 0.29) is 29.1 Å². The predicted molar refractivity (Wildman–Crippen MR) is 102 cm³/mol. The van der Waals surface area contributed by atoms with Gasteiger partial charge in [0.1, 0.15) is 5.69 Å². The zero-order valence-electron chi connectivity index (χ0n) is 17.3. The van der Waals surface area contributed by atoms with Gasteiger partial charge in [-0.3, -0.25) is 4.79 Å². The van der Waals surface area contributed by atoms with E-state index in [1.807, 2.05) is 0 Å². The van der Waals surface area contributed by atoms with Gasteiger partial charge in [-0.25, -0.2) is 14.4 Å². The molecule has 0 aliphatic heterocycles. The number of nitrogens with one attached hydrogen (secondary N) is 2. The van der Waals surface area contributed by atoms with Crippen molar-refractivity contribution in [3.8, 4) is 0 Å². The van der Waals surface area contributed by atoms with Gasteiger partial charge in [0.2, 0.25) is 5.78 Å². The number of methoxy groups -OCH3 is 1. The van der Waals surface area contributed by atoms with Crippen LogP contribution < -0.4 is 0 Å². The SMILES string of the molecule is CCOC(=O)c1c(C)[nH]c(C(=O)OCC(=O)c2[nH]c(C)c(C(=O)OC)c2C)c1C. The van der Waals surface area contributed by atoms with Crippen LogP contribution in [0.25, 0.3) is 0 Å². The molecular formula is C20H24N2O7. The fourth-order valence-electron chi connectivity index (χ4n) is 3.18. The van der Waals surface area contributed by atoms with Crippen LogP contribution in [0.3, 0.4) is 0 Å². The van der Waals surface area contributed by atoms with E-state index in [1.165, 1.54) is 7.11 Å². The molecule has 0 amide bonds. The van der Waals surface area contributed by atoms with Crippen molar-refractivity contribution in [3.63, 3.8) is 0 Å². The highest BCUT2D eigenvalue weighted by Gasteiger charge is 2.26. The first-order chi connectivity index (χ1) is 13.6. The molecule has 2 heterocycles. The maximum Gasteiger partial charge on any atom is 0.355 e. The number of Topliss-reactive ketones (excluding diaryl/α,β-unsaturated/α-hetero) is 1. The maximum atomic E-state index is 12.5. The molecule has 2 aromatic heterocycles. The first-order valence-corrected chi connectivity index (χ1v) is 8.98. The molecule has 0 unspecified atom stereocenters. The van der Waals surface area contributed by atoms with Crippen molar-refractivity contribution in [2.45, 2.75) is 34.6 Å². The molecule has 2 N–H and O–H groups in total. The zero-order chi connectivity index (χ0) is 21.9. The van der Waals surface area contributed by atoms with Crippen LogP contribution in [0.4, 0.5) is 0 Å². The number of hydrogen-bond donors (Lipinski definition) is 2. The van der Waals surface area contributed by atoms with Crippen LogP contribution in [0.2, 0.25) is 0 Å². The van der Waals surface area contributed by atoms with Crippen molar-refractivity contribution >= 4 is 23.7 Å². The largest absolute Gasteiger partial charge is 0.465 e. The van der Waals surface area contributed by atoms with Gasteiger partial charge in [0, 0.05) is 11.4 Å². The Bertz CT molecular complexity index is 982. The Morgan fingerprint density at radius 3 is 1.83 bits per heavy atom. The number of aryl methyl sites for hydroxylation is 2. The minimum absolute atomic E-state index is 0.0768. The number of esters is 3. The maximum absolute atomic E-state index is 12.5. The quantitative estimate of drug-likeness (QED) is 0.412. The van der Waals surface area contributed by atoms with Crippen molar-refractivity contribution in [2.24, 2.45) is 0 Å². The summed E-state index contributed by atoms with van der Waals surface area (Å²) in [6.07, 6.45) is 0. The summed E-state index contributed by atoms with van der Waals surface area (Å²) in [4.78, 5) is 54.4. The second kappa shape index (κ2) is 8.76. The van der Waals surface area contributed by atoms with Gasteiger partial charge >= 0.3 is 17.9 Å². The highest BCUT2D eigenvalue weighted by atomic mass is 16.5. The molecule has 0 aromatic carbocycles. The van der Waals surface area contributed by atoms with Crippen LogP contribution in [0.5, 0.6) is 0 Å². The molecular weight excluding hydrogens is 380 g/mol. The molecule has 9 nitrogen and oxygen atoms in total. The lowest BCUT2D eigenvalue weighted by molar-refractivity contribution is 0.0467. The lowest BCUT2D eigenvalue weighted by atomic mass is 10.1. The number of rotatable bonds is 7. The van der Waals surface area contributed by atoms with E-state index < -0.39 is 30.3 Å². The van der Waals surface area contributed by atoms with Gasteiger partial charge in [-0.05, 0) is 45.7 Å². The van der Waals surface area contributed by atoms with Gasteiger partial charge < -0.3 is 24.2 Å². The van der Waals surface area contributed by atoms with Gasteiger partial charge in [0.25, 0.3) is 0 Å². The van der Waals surface area contributed by atoms with Gasteiger partial charge in [0.15, 0.2) is 6.61 Å². The minimum Gasteiger partial charge on any atom is -0.465 e. The molecule has 0 saturated carbocycles. The number of aromatic nitrogens is 2. The topological polar surface area (TPSA) is 128 Å². The number of aromatic amines is 2. The summed E-state index contributed by atoms with van der Waals surface area (Å²) in [6.45, 7) is 7.84. The first kappa shape index (κ1) is 21.9. The van der Waals surface area contributed by atoms with E-state index in [0.29, 0.717) is 22.5 Å². The van der Waals surface area contributed by atoms with E-state index in [4.69, 9.17) is 14.2 Å². The molecule has 0 atom stereocenters. The molecule has 0 saturated heterocycles.